The molecule has 1 atom stereocenters. The molecule has 0 aliphatic carbocycles. The number of rotatable bonds is 6. The lowest BCUT2D eigenvalue weighted by atomic mass is 9.71. The summed E-state index contributed by atoms with van der Waals surface area (Å²) < 4.78 is 33.8. The first-order valence-corrected chi connectivity index (χ1v) is 13.0. The number of halogens is 2. The van der Waals surface area contributed by atoms with E-state index in [2.05, 4.69) is 4.98 Å². The van der Waals surface area contributed by atoms with E-state index in [9.17, 15) is 23.5 Å². The number of nitrogens with one attached hydrogen (secondary N) is 1. The van der Waals surface area contributed by atoms with E-state index in [0.717, 1.165) is 34.2 Å². The first-order valence-electron chi connectivity index (χ1n) is 13.0. The number of nitrogens with zero attached hydrogens (tertiary/aromatic N) is 1. The average molecular weight is 545 g/mol. The fraction of sp³-hybridized carbons (Fsp3) is 0.250. The quantitative estimate of drug-likeness (QED) is 0.276. The number of fused-ring (bicyclic) bond motifs is 3. The molecule has 4 aromatic rings. The van der Waals surface area contributed by atoms with Crippen LogP contribution in [-0.2, 0) is 16.8 Å². The van der Waals surface area contributed by atoms with E-state index in [1.165, 1.54) is 17.2 Å². The molecule has 3 aromatic carbocycles. The van der Waals surface area contributed by atoms with Gasteiger partial charge in [-0.2, -0.15) is 0 Å². The molecular formula is C32H30F2N2O4. The smallest absolute Gasteiger partial charge is 0.339 e. The number of carbonyl (C=O) groups is 2. The summed E-state index contributed by atoms with van der Waals surface area (Å²) in [5, 5.41) is 11.1. The van der Waals surface area contributed by atoms with E-state index in [1.54, 1.807) is 0 Å². The third-order valence-corrected chi connectivity index (χ3v) is 7.50. The molecule has 1 aromatic heterocycles. The third kappa shape index (κ3) is 4.74. The van der Waals surface area contributed by atoms with Gasteiger partial charge >= 0.3 is 5.97 Å². The first-order chi connectivity index (χ1) is 19.0. The van der Waals surface area contributed by atoms with Crippen LogP contribution in [0.3, 0.4) is 0 Å². The number of ether oxygens (including phenoxy) is 1. The van der Waals surface area contributed by atoms with Crippen molar-refractivity contribution in [3.8, 4) is 5.75 Å². The zero-order valence-corrected chi connectivity index (χ0v) is 22.7. The number of aromatic nitrogens is 1. The van der Waals surface area contributed by atoms with Gasteiger partial charge in [0.2, 0.25) is 0 Å². The molecule has 0 bridgehead atoms. The van der Waals surface area contributed by atoms with Gasteiger partial charge in [0.05, 0.1) is 11.3 Å². The Labute approximate surface area is 230 Å². The van der Waals surface area contributed by atoms with Gasteiger partial charge in [-0.1, -0.05) is 58.0 Å². The number of carboxylic acids is 1. The number of hydrogen-bond donors (Lipinski definition) is 2. The number of aromatic amines is 1. The highest BCUT2D eigenvalue weighted by atomic mass is 19.2. The van der Waals surface area contributed by atoms with Gasteiger partial charge in [-0.3, -0.25) is 4.79 Å². The van der Waals surface area contributed by atoms with Crippen LogP contribution < -0.4 is 4.74 Å². The van der Waals surface area contributed by atoms with Crippen molar-refractivity contribution in [1.29, 1.82) is 0 Å². The van der Waals surface area contributed by atoms with Crippen molar-refractivity contribution in [3.63, 3.8) is 0 Å². The lowest BCUT2D eigenvalue weighted by molar-refractivity contribution is -0.130. The lowest BCUT2D eigenvalue weighted by Gasteiger charge is -2.42. The van der Waals surface area contributed by atoms with Crippen molar-refractivity contribution in [2.45, 2.75) is 45.8 Å². The van der Waals surface area contributed by atoms with Gasteiger partial charge in [-0.05, 0) is 53.4 Å². The van der Waals surface area contributed by atoms with Gasteiger partial charge in [0.1, 0.15) is 12.4 Å². The van der Waals surface area contributed by atoms with Crippen LogP contribution in [0, 0.1) is 17.6 Å². The zero-order valence-electron chi connectivity index (χ0n) is 22.7. The molecule has 1 unspecified atom stereocenters. The molecule has 1 aliphatic heterocycles. The number of carbonyl (C=O) groups excluding carboxylic acids is 1. The van der Waals surface area contributed by atoms with Crippen molar-refractivity contribution in [3.05, 3.63) is 107 Å². The molecule has 0 saturated heterocycles. The molecule has 8 heteroatoms. The molecule has 1 aliphatic rings. The van der Waals surface area contributed by atoms with Crippen LogP contribution >= 0.6 is 0 Å². The molecule has 2 heterocycles. The summed E-state index contributed by atoms with van der Waals surface area (Å²) in [6, 6.07) is 17.7. The number of hydrogen-bond acceptors (Lipinski definition) is 3. The van der Waals surface area contributed by atoms with E-state index in [0.29, 0.717) is 18.1 Å². The van der Waals surface area contributed by atoms with E-state index >= 15 is 0 Å². The molecule has 1 amide bonds. The van der Waals surface area contributed by atoms with Crippen molar-refractivity contribution < 1.29 is 28.2 Å². The SMILES string of the molecule is CC(C)C1N(C(=O)c2ccc(F)c(F)c2)C=C(C(=O)O)c2[nH]c3ccc(OCc4ccccc4)cc3c2C1(C)C. The zero-order chi connectivity index (χ0) is 28.8. The Balaban J connectivity index is 1.65. The van der Waals surface area contributed by atoms with Crippen LogP contribution in [0.15, 0.2) is 72.9 Å². The fourth-order valence-corrected chi connectivity index (χ4v) is 5.93. The molecule has 206 valence electrons. The highest BCUT2D eigenvalue weighted by Crippen LogP contribution is 2.46. The Morgan fingerprint density at radius 2 is 1.75 bits per heavy atom. The maximum Gasteiger partial charge on any atom is 0.339 e. The van der Waals surface area contributed by atoms with Crippen molar-refractivity contribution in [2.24, 2.45) is 5.92 Å². The standard InChI is InChI=1S/C32H30F2N2O4/c1-18(2)29-32(3,4)27-22-15-21(40-17-19-8-6-5-7-9-19)11-13-26(22)35-28(27)23(31(38)39)16-36(29)30(37)20-10-12-24(33)25(34)14-20/h5-16,18,29,35H,17H2,1-4H3,(H,38,39). The molecule has 2 N–H and O–H groups in total. The molecule has 0 radical (unpaired) electrons. The fourth-order valence-electron chi connectivity index (χ4n) is 5.93. The van der Waals surface area contributed by atoms with Gasteiger partial charge < -0.3 is 19.7 Å². The van der Waals surface area contributed by atoms with E-state index in [-0.39, 0.29) is 17.1 Å². The Bertz CT molecular complexity index is 1640. The van der Waals surface area contributed by atoms with Gasteiger partial charge in [0.15, 0.2) is 11.6 Å². The van der Waals surface area contributed by atoms with Crippen LogP contribution in [-0.4, -0.2) is 32.9 Å². The summed E-state index contributed by atoms with van der Waals surface area (Å²) in [7, 11) is 0. The molecule has 0 spiro atoms. The summed E-state index contributed by atoms with van der Waals surface area (Å²) >= 11 is 0. The molecule has 6 nitrogen and oxygen atoms in total. The molecular weight excluding hydrogens is 514 g/mol. The Morgan fingerprint density at radius 3 is 2.40 bits per heavy atom. The Hall–Kier alpha value is -4.46. The molecule has 5 rings (SSSR count). The highest BCUT2D eigenvalue weighted by Gasteiger charge is 2.46. The minimum atomic E-state index is -1.23. The minimum absolute atomic E-state index is 0.0756. The summed E-state index contributed by atoms with van der Waals surface area (Å²) in [6.45, 7) is 8.19. The molecule has 0 saturated carbocycles. The largest absolute Gasteiger partial charge is 0.489 e. The summed E-state index contributed by atoms with van der Waals surface area (Å²) in [5.74, 6) is -3.58. The van der Waals surface area contributed by atoms with Crippen molar-refractivity contribution in [2.75, 3.05) is 0 Å². The minimum Gasteiger partial charge on any atom is -0.489 e. The number of amides is 1. The van der Waals surface area contributed by atoms with Crippen LogP contribution in [0.1, 0.15) is 54.9 Å². The summed E-state index contributed by atoms with van der Waals surface area (Å²) in [4.78, 5) is 31.0. The van der Waals surface area contributed by atoms with Crippen LogP contribution in [0.4, 0.5) is 8.78 Å². The topological polar surface area (TPSA) is 82.6 Å². The molecule has 0 fully saturated rings. The Kier molecular flexibility index (Phi) is 6.96. The number of benzene rings is 3. The third-order valence-electron chi connectivity index (χ3n) is 7.50. The molecule has 40 heavy (non-hydrogen) atoms. The number of carboxylic acid groups (broad SMARTS) is 1. The average Bonchev–Trinajstić information content (AvgIpc) is 3.25. The second-order valence-electron chi connectivity index (χ2n) is 11.0. The monoisotopic (exact) mass is 544 g/mol. The first kappa shape index (κ1) is 27.1. The van der Waals surface area contributed by atoms with Crippen molar-refractivity contribution in [1.82, 2.24) is 9.88 Å². The van der Waals surface area contributed by atoms with Crippen LogP contribution in [0.5, 0.6) is 5.75 Å². The van der Waals surface area contributed by atoms with Crippen molar-refractivity contribution >= 4 is 28.4 Å². The van der Waals surface area contributed by atoms with Gasteiger partial charge in [-0.15, -0.1) is 0 Å². The maximum atomic E-state index is 14.1. The summed E-state index contributed by atoms with van der Waals surface area (Å²) in [6.07, 6.45) is 1.31. The number of aliphatic carboxylic acids is 1. The Morgan fingerprint density at radius 1 is 1.02 bits per heavy atom. The van der Waals surface area contributed by atoms with E-state index in [4.69, 9.17) is 4.74 Å². The number of H-pyrrole nitrogens is 1. The highest BCUT2D eigenvalue weighted by molar-refractivity contribution is 6.17. The van der Waals surface area contributed by atoms with E-state index in [1.807, 2.05) is 76.2 Å². The normalized spacial score (nSPS) is 16.4. The predicted octanol–water partition coefficient (Wildman–Crippen LogP) is 6.91. The van der Waals surface area contributed by atoms with Gasteiger partial charge in [-0.25, -0.2) is 13.6 Å². The van der Waals surface area contributed by atoms with E-state index < -0.39 is 35.0 Å². The lowest BCUT2D eigenvalue weighted by Crippen LogP contribution is -2.50. The predicted molar refractivity (Wildman–Crippen MR) is 149 cm³/mol. The van der Waals surface area contributed by atoms with Crippen LogP contribution in [0.2, 0.25) is 0 Å². The second-order valence-corrected chi connectivity index (χ2v) is 11.0. The second kappa shape index (κ2) is 10.3. The van der Waals surface area contributed by atoms with Gasteiger partial charge in [0, 0.05) is 34.1 Å². The summed E-state index contributed by atoms with van der Waals surface area (Å²) in [5.41, 5.74) is 1.92. The van der Waals surface area contributed by atoms with Gasteiger partial charge in [0.25, 0.3) is 5.91 Å². The van der Waals surface area contributed by atoms with Crippen LogP contribution in [0.25, 0.3) is 16.5 Å². The maximum absolute atomic E-state index is 14.1.